The summed E-state index contributed by atoms with van der Waals surface area (Å²) in [6, 6.07) is 7.64. The van der Waals surface area contributed by atoms with Gasteiger partial charge in [0.15, 0.2) is 0 Å². The molecule has 1 aromatic heterocycles. The molecule has 0 radical (unpaired) electrons. The minimum atomic E-state index is -4.11. The van der Waals surface area contributed by atoms with Crippen LogP contribution >= 0.6 is 48.0 Å². The standard InChI is InChI=1S/C16H21F3N4.2HI/c17-16(18,19)7-3-11-23-14-6-2-1-5-13(14)21-15(23)22-10-4-8-20-9-12-22;;/h1-2,5-6,20H,3-4,7-12H2;2*1H. The quantitative estimate of drug-likeness (QED) is 0.543. The monoisotopic (exact) mass is 582 g/mol. The predicted molar refractivity (Wildman–Crippen MR) is 116 cm³/mol. The van der Waals surface area contributed by atoms with Crippen LogP contribution in [-0.4, -0.2) is 41.9 Å². The largest absolute Gasteiger partial charge is 0.389 e. The van der Waals surface area contributed by atoms with Gasteiger partial charge in [-0.15, -0.1) is 48.0 Å². The zero-order chi connectivity index (χ0) is 16.3. The molecule has 25 heavy (non-hydrogen) atoms. The van der Waals surface area contributed by atoms with E-state index in [1.54, 1.807) is 0 Å². The zero-order valence-electron chi connectivity index (χ0n) is 13.8. The van der Waals surface area contributed by atoms with Crippen LogP contribution in [-0.2, 0) is 6.54 Å². The predicted octanol–water partition coefficient (Wildman–Crippen LogP) is 4.41. The molecular formula is C16H23F3I2N4. The number of benzene rings is 1. The number of anilines is 1. The maximum absolute atomic E-state index is 12.5. The summed E-state index contributed by atoms with van der Waals surface area (Å²) in [5.74, 6) is 0.789. The molecule has 1 aliphatic heterocycles. The number of nitrogens with zero attached hydrogens (tertiary/aromatic N) is 3. The maximum atomic E-state index is 12.5. The van der Waals surface area contributed by atoms with Gasteiger partial charge in [-0.05, 0) is 31.5 Å². The third-order valence-corrected chi connectivity index (χ3v) is 4.10. The second-order valence-electron chi connectivity index (χ2n) is 5.86. The second kappa shape index (κ2) is 10.1. The van der Waals surface area contributed by atoms with E-state index in [0.29, 0.717) is 6.54 Å². The highest BCUT2D eigenvalue weighted by Crippen LogP contribution is 2.26. The SMILES string of the molecule is FC(F)(F)CCCn1c(N2CCCNCC2)nc2ccccc21.I.I. The molecule has 1 fully saturated rings. The lowest BCUT2D eigenvalue weighted by Gasteiger charge is -2.22. The van der Waals surface area contributed by atoms with E-state index in [4.69, 9.17) is 0 Å². The molecule has 1 aromatic carbocycles. The summed E-state index contributed by atoms with van der Waals surface area (Å²) in [5.41, 5.74) is 1.74. The van der Waals surface area contributed by atoms with E-state index in [9.17, 15) is 13.2 Å². The van der Waals surface area contributed by atoms with Gasteiger partial charge >= 0.3 is 6.18 Å². The Balaban J connectivity index is 0.00000156. The van der Waals surface area contributed by atoms with Crippen molar-refractivity contribution in [3.63, 3.8) is 0 Å². The Morgan fingerprint density at radius 3 is 2.60 bits per heavy atom. The van der Waals surface area contributed by atoms with Gasteiger partial charge in [0, 0.05) is 32.6 Å². The van der Waals surface area contributed by atoms with Crippen LogP contribution in [0.25, 0.3) is 11.0 Å². The molecule has 0 amide bonds. The molecule has 142 valence electrons. The first-order valence-corrected chi connectivity index (χ1v) is 8.02. The number of alkyl halides is 3. The first-order chi connectivity index (χ1) is 11.0. The average molecular weight is 582 g/mol. The van der Waals surface area contributed by atoms with Crippen LogP contribution in [0.3, 0.4) is 0 Å². The lowest BCUT2D eigenvalue weighted by molar-refractivity contribution is -0.135. The molecule has 0 atom stereocenters. The van der Waals surface area contributed by atoms with E-state index in [2.05, 4.69) is 15.2 Å². The molecule has 0 spiro atoms. The number of fused-ring (bicyclic) bond motifs is 1. The lowest BCUT2D eigenvalue weighted by atomic mass is 10.3. The fraction of sp³-hybridized carbons (Fsp3) is 0.562. The number of para-hydroxylation sites is 2. The van der Waals surface area contributed by atoms with E-state index in [-0.39, 0.29) is 54.4 Å². The van der Waals surface area contributed by atoms with Gasteiger partial charge in [0.1, 0.15) is 0 Å². The Morgan fingerprint density at radius 2 is 1.84 bits per heavy atom. The van der Waals surface area contributed by atoms with Crippen LogP contribution in [0.5, 0.6) is 0 Å². The summed E-state index contributed by atoms with van der Waals surface area (Å²) in [5, 5.41) is 3.34. The van der Waals surface area contributed by atoms with Crippen molar-refractivity contribution in [2.75, 3.05) is 31.1 Å². The molecule has 4 nitrogen and oxygen atoms in total. The Bertz CT molecular complexity index is 652. The number of hydrogen-bond acceptors (Lipinski definition) is 3. The smallest absolute Gasteiger partial charge is 0.341 e. The van der Waals surface area contributed by atoms with Crippen LogP contribution in [0.15, 0.2) is 24.3 Å². The Labute approximate surface area is 179 Å². The summed E-state index contributed by atoms with van der Waals surface area (Å²) in [7, 11) is 0. The van der Waals surface area contributed by atoms with Crippen LogP contribution in [0.2, 0.25) is 0 Å². The van der Waals surface area contributed by atoms with Crippen molar-refractivity contribution in [2.45, 2.75) is 32.0 Å². The van der Waals surface area contributed by atoms with E-state index >= 15 is 0 Å². The molecular weight excluding hydrogens is 559 g/mol. The second-order valence-corrected chi connectivity index (χ2v) is 5.86. The molecule has 3 rings (SSSR count). The number of imidazole rings is 1. The van der Waals surface area contributed by atoms with Crippen molar-refractivity contribution in [3.8, 4) is 0 Å². The molecule has 1 N–H and O–H groups in total. The molecule has 0 bridgehead atoms. The van der Waals surface area contributed by atoms with E-state index in [0.717, 1.165) is 49.6 Å². The van der Waals surface area contributed by atoms with Gasteiger partial charge in [0.25, 0.3) is 0 Å². The summed E-state index contributed by atoms with van der Waals surface area (Å²) in [6.07, 6.45) is -3.79. The van der Waals surface area contributed by atoms with Gasteiger partial charge < -0.3 is 14.8 Å². The molecule has 0 aliphatic carbocycles. The van der Waals surface area contributed by atoms with E-state index in [1.165, 1.54) is 0 Å². The fourth-order valence-electron chi connectivity index (χ4n) is 3.01. The normalized spacial score (nSPS) is 15.4. The van der Waals surface area contributed by atoms with E-state index in [1.807, 2.05) is 28.8 Å². The number of aromatic nitrogens is 2. The number of halogens is 5. The summed E-state index contributed by atoms with van der Waals surface area (Å²) >= 11 is 0. The van der Waals surface area contributed by atoms with Crippen molar-refractivity contribution in [1.29, 1.82) is 0 Å². The number of rotatable bonds is 4. The third-order valence-electron chi connectivity index (χ3n) is 4.10. The number of nitrogens with one attached hydrogen (secondary N) is 1. The fourth-order valence-corrected chi connectivity index (χ4v) is 3.01. The Kier molecular flexibility index (Phi) is 9.23. The Morgan fingerprint density at radius 1 is 1.08 bits per heavy atom. The molecule has 1 saturated heterocycles. The Hall–Kier alpha value is -0.300. The highest BCUT2D eigenvalue weighted by molar-refractivity contribution is 14.0. The molecule has 0 saturated carbocycles. The summed E-state index contributed by atoms with van der Waals surface area (Å²) < 4.78 is 39.3. The third kappa shape index (κ3) is 6.12. The first kappa shape index (κ1) is 22.7. The van der Waals surface area contributed by atoms with Gasteiger partial charge in [-0.1, -0.05) is 12.1 Å². The van der Waals surface area contributed by atoms with Gasteiger partial charge in [0.05, 0.1) is 11.0 Å². The number of aryl methyl sites for hydroxylation is 1. The van der Waals surface area contributed by atoms with Gasteiger partial charge in [0.2, 0.25) is 5.95 Å². The minimum Gasteiger partial charge on any atom is -0.341 e. The first-order valence-electron chi connectivity index (χ1n) is 8.02. The van der Waals surface area contributed by atoms with E-state index < -0.39 is 12.6 Å². The molecule has 1 aliphatic rings. The summed E-state index contributed by atoms with van der Waals surface area (Å²) in [6.45, 7) is 3.86. The molecule has 2 heterocycles. The van der Waals surface area contributed by atoms with Crippen molar-refractivity contribution in [2.24, 2.45) is 0 Å². The van der Waals surface area contributed by atoms with Crippen LogP contribution < -0.4 is 10.2 Å². The van der Waals surface area contributed by atoms with Gasteiger partial charge in [-0.3, -0.25) is 0 Å². The lowest BCUT2D eigenvalue weighted by Crippen LogP contribution is -2.30. The van der Waals surface area contributed by atoms with Gasteiger partial charge in [-0.25, -0.2) is 4.98 Å². The molecule has 2 aromatic rings. The molecule has 9 heteroatoms. The average Bonchev–Trinajstić information content (AvgIpc) is 2.69. The summed E-state index contributed by atoms with van der Waals surface area (Å²) in [4.78, 5) is 6.85. The van der Waals surface area contributed by atoms with Crippen molar-refractivity contribution in [3.05, 3.63) is 24.3 Å². The van der Waals surface area contributed by atoms with Crippen molar-refractivity contribution < 1.29 is 13.2 Å². The molecule has 0 unspecified atom stereocenters. The zero-order valence-corrected chi connectivity index (χ0v) is 18.4. The van der Waals surface area contributed by atoms with Crippen molar-refractivity contribution in [1.82, 2.24) is 14.9 Å². The highest BCUT2D eigenvalue weighted by Gasteiger charge is 2.27. The number of hydrogen-bond donors (Lipinski definition) is 1. The van der Waals surface area contributed by atoms with Gasteiger partial charge in [-0.2, -0.15) is 13.2 Å². The van der Waals surface area contributed by atoms with Crippen LogP contribution in [0.4, 0.5) is 19.1 Å². The van der Waals surface area contributed by atoms with Crippen molar-refractivity contribution >= 4 is 64.9 Å². The minimum absolute atomic E-state index is 0. The van der Waals surface area contributed by atoms with Crippen LogP contribution in [0, 0.1) is 0 Å². The topological polar surface area (TPSA) is 33.1 Å². The van der Waals surface area contributed by atoms with Crippen LogP contribution in [0.1, 0.15) is 19.3 Å². The highest BCUT2D eigenvalue weighted by atomic mass is 127. The maximum Gasteiger partial charge on any atom is 0.389 e.